The first-order valence-electron chi connectivity index (χ1n) is 6.62. The molecule has 0 bridgehead atoms. The molecule has 0 saturated carbocycles. The summed E-state index contributed by atoms with van der Waals surface area (Å²) in [6, 6.07) is 5.70. The number of nitrogens with zero attached hydrogens (tertiary/aromatic N) is 2. The fraction of sp³-hybridized carbons (Fsp3) is 0.400. The van der Waals surface area contributed by atoms with E-state index < -0.39 is 6.10 Å². The quantitative estimate of drug-likeness (QED) is 0.920. The molecule has 1 atom stereocenters. The second-order valence-corrected chi connectivity index (χ2v) is 5.16. The number of rotatable bonds is 5. The van der Waals surface area contributed by atoms with Gasteiger partial charge < -0.3 is 9.84 Å². The van der Waals surface area contributed by atoms with Gasteiger partial charge in [-0.05, 0) is 25.5 Å². The minimum absolute atomic E-state index is 0.467. The molecule has 5 heteroatoms. The number of aliphatic hydroxyl groups is 1. The molecule has 2 aromatic rings. The van der Waals surface area contributed by atoms with Crippen molar-refractivity contribution in [3.63, 3.8) is 0 Å². The van der Waals surface area contributed by atoms with Crippen molar-refractivity contribution >= 4 is 11.6 Å². The van der Waals surface area contributed by atoms with E-state index in [0.29, 0.717) is 28.6 Å². The van der Waals surface area contributed by atoms with Gasteiger partial charge in [-0.1, -0.05) is 30.2 Å². The van der Waals surface area contributed by atoms with Gasteiger partial charge >= 0.3 is 0 Å². The Morgan fingerprint density at radius 2 is 2.20 bits per heavy atom. The summed E-state index contributed by atoms with van der Waals surface area (Å²) in [5.41, 5.74) is 2.36. The molecule has 0 amide bonds. The Balaban J connectivity index is 2.48. The predicted molar refractivity (Wildman–Crippen MR) is 79.3 cm³/mol. The van der Waals surface area contributed by atoms with Crippen LogP contribution in [0.4, 0.5) is 0 Å². The fourth-order valence-corrected chi connectivity index (χ4v) is 2.49. The zero-order chi connectivity index (χ0) is 14.7. The molecule has 1 aromatic carbocycles. The maximum atomic E-state index is 10.7. The number of halogens is 1. The largest absolute Gasteiger partial charge is 0.496 e. The van der Waals surface area contributed by atoms with Crippen molar-refractivity contribution in [1.29, 1.82) is 0 Å². The van der Waals surface area contributed by atoms with Crippen molar-refractivity contribution in [2.24, 2.45) is 0 Å². The van der Waals surface area contributed by atoms with E-state index in [1.807, 2.05) is 25.1 Å². The zero-order valence-corrected chi connectivity index (χ0v) is 12.7. The lowest BCUT2D eigenvalue weighted by molar-refractivity contribution is 0.202. The highest BCUT2D eigenvalue weighted by Crippen LogP contribution is 2.34. The smallest absolute Gasteiger partial charge is 0.126 e. The van der Waals surface area contributed by atoms with Gasteiger partial charge in [0, 0.05) is 12.1 Å². The zero-order valence-electron chi connectivity index (χ0n) is 11.9. The van der Waals surface area contributed by atoms with Crippen molar-refractivity contribution in [3.8, 4) is 5.75 Å². The third-order valence-corrected chi connectivity index (χ3v) is 3.50. The molecule has 0 aliphatic heterocycles. The van der Waals surface area contributed by atoms with Crippen LogP contribution in [-0.2, 0) is 6.54 Å². The molecule has 2 rings (SSSR count). The summed E-state index contributed by atoms with van der Waals surface area (Å²) in [5.74, 6) is 0.642. The Labute approximate surface area is 123 Å². The van der Waals surface area contributed by atoms with Gasteiger partial charge in [0.15, 0.2) is 0 Å². The number of ether oxygens (including phenoxy) is 1. The average molecular weight is 295 g/mol. The van der Waals surface area contributed by atoms with Gasteiger partial charge in [-0.25, -0.2) is 0 Å². The predicted octanol–water partition coefficient (Wildman–Crippen LogP) is 3.35. The first-order chi connectivity index (χ1) is 9.58. The number of aromatic nitrogens is 2. The van der Waals surface area contributed by atoms with Crippen LogP contribution < -0.4 is 4.74 Å². The minimum Gasteiger partial charge on any atom is -0.496 e. The van der Waals surface area contributed by atoms with Crippen molar-refractivity contribution in [3.05, 3.63) is 46.2 Å². The first kappa shape index (κ1) is 14.9. The number of benzene rings is 1. The lowest BCUT2D eigenvalue weighted by Crippen LogP contribution is -2.11. The van der Waals surface area contributed by atoms with Gasteiger partial charge in [-0.2, -0.15) is 5.10 Å². The molecule has 1 aromatic heterocycles. The van der Waals surface area contributed by atoms with E-state index >= 15 is 0 Å². The number of aryl methyl sites for hydroxylation is 2. The van der Waals surface area contributed by atoms with Crippen LogP contribution in [0.1, 0.15) is 36.3 Å². The Kier molecular flexibility index (Phi) is 4.68. The molecule has 0 saturated heterocycles. The molecule has 4 nitrogen and oxygen atoms in total. The molecule has 0 aliphatic carbocycles. The van der Waals surface area contributed by atoms with Gasteiger partial charge in [-0.15, -0.1) is 0 Å². The maximum absolute atomic E-state index is 10.7. The molecular weight excluding hydrogens is 276 g/mol. The van der Waals surface area contributed by atoms with Crippen LogP contribution in [0.25, 0.3) is 0 Å². The Morgan fingerprint density at radius 3 is 2.85 bits per heavy atom. The van der Waals surface area contributed by atoms with E-state index in [4.69, 9.17) is 16.3 Å². The molecule has 0 radical (unpaired) electrons. The monoisotopic (exact) mass is 294 g/mol. The van der Waals surface area contributed by atoms with Crippen LogP contribution in [0, 0.1) is 6.92 Å². The van der Waals surface area contributed by atoms with Crippen LogP contribution in [-0.4, -0.2) is 22.0 Å². The molecule has 1 N–H and O–H groups in total. The number of aliphatic hydroxyl groups excluding tert-OH is 1. The maximum Gasteiger partial charge on any atom is 0.126 e. The van der Waals surface area contributed by atoms with Gasteiger partial charge in [0.1, 0.15) is 11.9 Å². The second-order valence-electron chi connectivity index (χ2n) is 4.75. The Morgan fingerprint density at radius 1 is 1.45 bits per heavy atom. The normalized spacial score (nSPS) is 12.4. The molecule has 0 fully saturated rings. The van der Waals surface area contributed by atoms with Crippen molar-refractivity contribution in [2.75, 3.05) is 7.11 Å². The summed E-state index contributed by atoms with van der Waals surface area (Å²) in [4.78, 5) is 0. The van der Waals surface area contributed by atoms with Gasteiger partial charge in [0.25, 0.3) is 0 Å². The summed E-state index contributed by atoms with van der Waals surface area (Å²) < 4.78 is 7.07. The number of hydrogen-bond donors (Lipinski definition) is 1. The summed E-state index contributed by atoms with van der Waals surface area (Å²) in [5, 5.41) is 15.4. The van der Waals surface area contributed by atoms with Gasteiger partial charge in [-0.3, -0.25) is 4.68 Å². The Hall–Kier alpha value is -1.52. The summed E-state index contributed by atoms with van der Waals surface area (Å²) >= 11 is 6.18. The second kappa shape index (κ2) is 6.29. The fourth-order valence-electron chi connectivity index (χ4n) is 2.25. The molecule has 1 heterocycles. The van der Waals surface area contributed by atoms with Crippen molar-refractivity contribution in [1.82, 2.24) is 9.78 Å². The molecule has 108 valence electrons. The van der Waals surface area contributed by atoms with E-state index in [1.54, 1.807) is 18.0 Å². The van der Waals surface area contributed by atoms with Crippen LogP contribution in [0.15, 0.2) is 24.4 Å². The number of methoxy groups -OCH3 is 1. The highest BCUT2D eigenvalue weighted by molar-refractivity contribution is 6.31. The third-order valence-electron chi connectivity index (χ3n) is 3.21. The SMILES string of the molecule is CCCn1ncc(Cl)c1C(O)c1cc(C)ccc1OC. The van der Waals surface area contributed by atoms with Crippen molar-refractivity contribution in [2.45, 2.75) is 32.9 Å². The average Bonchev–Trinajstić information content (AvgIpc) is 2.79. The summed E-state index contributed by atoms with van der Waals surface area (Å²) in [6.07, 6.45) is 1.63. The molecule has 0 spiro atoms. The van der Waals surface area contributed by atoms with Gasteiger partial charge in [0.2, 0.25) is 0 Å². The van der Waals surface area contributed by atoms with E-state index in [9.17, 15) is 5.11 Å². The summed E-state index contributed by atoms with van der Waals surface area (Å²) in [6.45, 7) is 4.74. The van der Waals surface area contributed by atoms with Crippen LogP contribution in [0.3, 0.4) is 0 Å². The van der Waals surface area contributed by atoms with Gasteiger partial charge in [0.05, 0.1) is 24.0 Å². The van der Waals surface area contributed by atoms with E-state index in [1.165, 1.54) is 0 Å². The van der Waals surface area contributed by atoms with Crippen LogP contribution in [0.5, 0.6) is 5.75 Å². The Bertz CT molecular complexity index is 596. The molecule has 1 unspecified atom stereocenters. The molecule has 20 heavy (non-hydrogen) atoms. The van der Waals surface area contributed by atoms with E-state index in [0.717, 1.165) is 12.0 Å². The molecular formula is C15H19ClN2O2. The molecule has 0 aliphatic rings. The summed E-state index contributed by atoms with van der Waals surface area (Å²) in [7, 11) is 1.59. The standard InChI is InChI=1S/C15H19ClN2O2/c1-4-7-18-14(12(16)9-17-18)15(19)11-8-10(2)5-6-13(11)20-3/h5-6,8-9,15,19H,4,7H2,1-3H3. The first-order valence-corrected chi connectivity index (χ1v) is 7.00. The lowest BCUT2D eigenvalue weighted by atomic mass is 10.0. The van der Waals surface area contributed by atoms with Crippen LogP contribution >= 0.6 is 11.6 Å². The minimum atomic E-state index is -0.855. The van der Waals surface area contributed by atoms with E-state index in [-0.39, 0.29) is 0 Å². The number of hydrogen-bond acceptors (Lipinski definition) is 3. The van der Waals surface area contributed by atoms with Crippen LogP contribution in [0.2, 0.25) is 5.02 Å². The topological polar surface area (TPSA) is 47.3 Å². The third kappa shape index (κ3) is 2.81. The lowest BCUT2D eigenvalue weighted by Gasteiger charge is -2.17. The van der Waals surface area contributed by atoms with Crippen molar-refractivity contribution < 1.29 is 9.84 Å². The highest BCUT2D eigenvalue weighted by atomic mass is 35.5. The highest BCUT2D eigenvalue weighted by Gasteiger charge is 2.22. The van der Waals surface area contributed by atoms with E-state index in [2.05, 4.69) is 12.0 Å².